The molecule has 0 bridgehead atoms. The number of nitrogens with one attached hydrogen (secondary N) is 1. The van der Waals surface area contributed by atoms with Crippen molar-refractivity contribution in [1.82, 2.24) is 20.1 Å². The van der Waals surface area contributed by atoms with Crippen LogP contribution in [0, 0.1) is 11.6 Å². The van der Waals surface area contributed by atoms with E-state index in [1.165, 1.54) is 18.5 Å². The molecule has 0 spiro atoms. The molecule has 6 heteroatoms. The van der Waals surface area contributed by atoms with Crippen molar-refractivity contribution >= 4 is 0 Å². The van der Waals surface area contributed by atoms with E-state index >= 15 is 0 Å². The van der Waals surface area contributed by atoms with E-state index < -0.39 is 11.6 Å². The first-order valence-corrected chi connectivity index (χ1v) is 6.59. The Kier molecular flexibility index (Phi) is 4.79. The summed E-state index contributed by atoms with van der Waals surface area (Å²) >= 11 is 0. The van der Waals surface area contributed by atoms with Crippen LogP contribution in [0.4, 0.5) is 8.78 Å². The Labute approximate surface area is 116 Å². The first-order valence-electron chi connectivity index (χ1n) is 6.59. The number of hydrogen-bond donors (Lipinski definition) is 1. The minimum atomic E-state index is -0.547. The predicted molar refractivity (Wildman–Crippen MR) is 72.2 cm³/mol. The van der Waals surface area contributed by atoms with E-state index in [9.17, 15) is 8.78 Å². The highest BCUT2D eigenvalue weighted by molar-refractivity contribution is 5.19. The lowest BCUT2D eigenvalue weighted by Crippen LogP contribution is -2.34. The van der Waals surface area contributed by atoms with Crippen molar-refractivity contribution in [3.8, 4) is 0 Å². The molecule has 0 amide bonds. The molecule has 0 aliphatic rings. The van der Waals surface area contributed by atoms with Gasteiger partial charge in [0.15, 0.2) is 0 Å². The van der Waals surface area contributed by atoms with Gasteiger partial charge >= 0.3 is 0 Å². The molecule has 20 heavy (non-hydrogen) atoms. The van der Waals surface area contributed by atoms with Gasteiger partial charge in [0.25, 0.3) is 0 Å². The summed E-state index contributed by atoms with van der Waals surface area (Å²) in [5.41, 5.74) is 0.635. The molecule has 1 atom stereocenters. The van der Waals surface area contributed by atoms with E-state index in [4.69, 9.17) is 0 Å². The van der Waals surface area contributed by atoms with Gasteiger partial charge in [-0.3, -0.25) is 4.68 Å². The molecule has 1 aromatic carbocycles. The molecule has 1 aromatic heterocycles. The third-order valence-corrected chi connectivity index (χ3v) is 3.13. The average Bonchev–Trinajstić information content (AvgIpc) is 2.74. The summed E-state index contributed by atoms with van der Waals surface area (Å²) in [7, 11) is 1.83. The minimum absolute atomic E-state index is 0.0594. The molecule has 1 unspecified atom stereocenters. The van der Waals surface area contributed by atoms with Crippen molar-refractivity contribution in [1.29, 1.82) is 0 Å². The van der Waals surface area contributed by atoms with Gasteiger partial charge in [-0.05, 0) is 30.7 Å². The van der Waals surface area contributed by atoms with Gasteiger partial charge in [0, 0.05) is 25.6 Å². The van der Waals surface area contributed by atoms with Crippen LogP contribution in [0.3, 0.4) is 0 Å². The Bertz CT molecular complexity index is 548. The van der Waals surface area contributed by atoms with Crippen LogP contribution in [0.25, 0.3) is 0 Å². The number of rotatable bonds is 6. The molecular formula is C14H18F2N4. The third kappa shape index (κ3) is 3.84. The van der Waals surface area contributed by atoms with E-state index in [2.05, 4.69) is 15.4 Å². The van der Waals surface area contributed by atoms with Crippen LogP contribution in [-0.4, -0.2) is 27.4 Å². The van der Waals surface area contributed by atoms with Crippen LogP contribution >= 0.6 is 0 Å². The molecule has 0 saturated heterocycles. The molecule has 0 saturated carbocycles. The molecule has 0 fully saturated rings. The maximum atomic E-state index is 13.2. The number of likely N-dealkylation sites (N-methyl/N-ethyl adjacent to an activating group) is 1. The summed E-state index contributed by atoms with van der Waals surface area (Å²) in [5.74, 6) is -0.254. The molecule has 1 N–H and O–H groups in total. The van der Waals surface area contributed by atoms with Gasteiger partial charge in [-0.15, -0.1) is 0 Å². The fourth-order valence-corrected chi connectivity index (χ4v) is 2.24. The standard InChI is InChI=1S/C14H18F2N4/c1-3-17-13(8-14-18-9-19-20(14)2)6-10-4-11(15)7-12(16)5-10/h4-5,7,9,13,17H,3,6,8H2,1-2H3. The van der Waals surface area contributed by atoms with E-state index in [0.717, 1.165) is 18.4 Å². The van der Waals surface area contributed by atoms with Crippen LogP contribution in [-0.2, 0) is 19.9 Å². The Morgan fingerprint density at radius 2 is 1.90 bits per heavy atom. The maximum absolute atomic E-state index is 13.2. The highest BCUT2D eigenvalue weighted by Gasteiger charge is 2.14. The average molecular weight is 280 g/mol. The lowest BCUT2D eigenvalue weighted by atomic mass is 10.0. The monoisotopic (exact) mass is 280 g/mol. The second-order valence-electron chi connectivity index (χ2n) is 4.74. The molecule has 4 nitrogen and oxygen atoms in total. The SMILES string of the molecule is CCNC(Cc1cc(F)cc(F)c1)Cc1ncnn1C. The van der Waals surface area contributed by atoms with Crippen molar-refractivity contribution in [2.45, 2.75) is 25.8 Å². The lowest BCUT2D eigenvalue weighted by molar-refractivity contribution is 0.495. The quantitative estimate of drug-likeness (QED) is 0.878. The van der Waals surface area contributed by atoms with Crippen LogP contribution < -0.4 is 5.32 Å². The Hall–Kier alpha value is -1.82. The zero-order valence-electron chi connectivity index (χ0n) is 11.6. The molecule has 0 radical (unpaired) electrons. The summed E-state index contributed by atoms with van der Waals surface area (Å²) in [6.45, 7) is 2.77. The van der Waals surface area contributed by atoms with E-state index in [1.807, 2.05) is 14.0 Å². The highest BCUT2D eigenvalue weighted by Crippen LogP contribution is 2.12. The van der Waals surface area contributed by atoms with Gasteiger partial charge in [0.1, 0.15) is 23.8 Å². The first kappa shape index (κ1) is 14.6. The zero-order chi connectivity index (χ0) is 14.5. The van der Waals surface area contributed by atoms with Crippen LogP contribution in [0.2, 0.25) is 0 Å². The number of aromatic nitrogens is 3. The normalized spacial score (nSPS) is 12.6. The number of nitrogens with zero attached hydrogens (tertiary/aromatic N) is 3. The van der Waals surface area contributed by atoms with Crippen molar-refractivity contribution in [2.75, 3.05) is 6.54 Å². The maximum Gasteiger partial charge on any atom is 0.138 e. The number of aryl methyl sites for hydroxylation is 1. The van der Waals surface area contributed by atoms with Crippen molar-refractivity contribution in [2.24, 2.45) is 7.05 Å². The van der Waals surface area contributed by atoms with Gasteiger partial charge in [0.2, 0.25) is 0 Å². The van der Waals surface area contributed by atoms with E-state index in [0.29, 0.717) is 18.4 Å². The molecule has 2 aromatic rings. The van der Waals surface area contributed by atoms with E-state index in [1.54, 1.807) is 4.68 Å². The highest BCUT2D eigenvalue weighted by atomic mass is 19.1. The summed E-state index contributed by atoms with van der Waals surface area (Å²) < 4.78 is 28.1. The second kappa shape index (κ2) is 6.56. The third-order valence-electron chi connectivity index (χ3n) is 3.13. The molecule has 0 aliphatic carbocycles. The lowest BCUT2D eigenvalue weighted by Gasteiger charge is -2.17. The fourth-order valence-electron chi connectivity index (χ4n) is 2.24. The molecule has 1 heterocycles. The molecule has 2 rings (SSSR count). The van der Waals surface area contributed by atoms with E-state index in [-0.39, 0.29) is 6.04 Å². The van der Waals surface area contributed by atoms with Crippen molar-refractivity contribution < 1.29 is 8.78 Å². The smallest absolute Gasteiger partial charge is 0.138 e. The van der Waals surface area contributed by atoms with Gasteiger partial charge in [0.05, 0.1) is 0 Å². The molecular weight excluding hydrogens is 262 g/mol. The molecule has 108 valence electrons. The Morgan fingerprint density at radius 1 is 1.20 bits per heavy atom. The Balaban J connectivity index is 2.10. The van der Waals surface area contributed by atoms with Gasteiger partial charge < -0.3 is 5.32 Å². The summed E-state index contributed by atoms with van der Waals surface area (Å²) in [6, 6.07) is 3.67. The first-order chi connectivity index (χ1) is 9.58. The summed E-state index contributed by atoms with van der Waals surface area (Å²) in [5, 5.41) is 7.33. The topological polar surface area (TPSA) is 42.7 Å². The second-order valence-corrected chi connectivity index (χ2v) is 4.74. The van der Waals surface area contributed by atoms with Crippen molar-refractivity contribution in [3.05, 3.63) is 47.5 Å². The zero-order valence-corrected chi connectivity index (χ0v) is 11.6. The van der Waals surface area contributed by atoms with Crippen LogP contribution in [0.5, 0.6) is 0 Å². The van der Waals surface area contributed by atoms with Crippen LogP contribution in [0.1, 0.15) is 18.3 Å². The number of hydrogen-bond acceptors (Lipinski definition) is 3. The van der Waals surface area contributed by atoms with Gasteiger partial charge in [-0.25, -0.2) is 13.8 Å². The molecule has 0 aliphatic heterocycles. The Morgan fingerprint density at radius 3 is 2.45 bits per heavy atom. The number of benzene rings is 1. The van der Waals surface area contributed by atoms with Crippen LogP contribution in [0.15, 0.2) is 24.5 Å². The van der Waals surface area contributed by atoms with Gasteiger partial charge in [-0.2, -0.15) is 5.10 Å². The summed E-state index contributed by atoms with van der Waals surface area (Å²) in [6.07, 6.45) is 2.69. The van der Waals surface area contributed by atoms with Gasteiger partial charge in [-0.1, -0.05) is 6.92 Å². The number of halogens is 2. The fraction of sp³-hybridized carbons (Fsp3) is 0.429. The largest absolute Gasteiger partial charge is 0.313 e. The minimum Gasteiger partial charge on any atom is -0.313 e. The summed E-state index contributed by atoms with van der Waals surface area (Å²) in [4.78, 5) is 4.18. The predicted octanol–water partition coefficient (Wildman–Crippen LogP) is 1.86. The van der Waals surface area contributed by atoms with Crippen molar-refractivity contribution in [3.63, 3.8) is 0 Å².